The lowest BCUT2D eigenvalue weighted by atomic mass is 9.87. The van der Waals surface area contributed by atoms with Gasteiger partial charge in [0.1, 0.15) is 0 Å². The zero-order chi connectivity index (χ0) is 12.4. The van der Waals surface area contributed by atoms with Crippen molar-refractivity contribution >= 4 is 5.69 Å². The number of para-hydroxylation sites is 1. The van der Waals surface area contributed by atoms with E-state index in [1.807, 2.05) is 0 Å². The maximum absolute atomic E-state index is 3.75. The van der Waals surface area contributed by atoms with Gasteiger partial charge in [-0.3, -0.25) is 0 Å². The van der Waals surface area contributed by atoms with Crippen LogP contribution in [0.15, 0.2) is 18.2 Å². The third kappa shape index (κ3) is 2.54. The number of fused-ring (bicyclic) bond motifs is 1. The summed E-state index contributed by atoms with van der Waals surface area (Å²) in [6, 6.07) is 7.45. The fourth-order valence-electron chi connectivity index (χ4n) is 3.28. The van der Waals surface area contributed by atoms with Crippen LogP contribution < -0.4 is 10.6 Å². The minimum absolute atomic E-state index is 0.735. The van der Waals surface area contributed by atoms with Crippen LogP contribution in [0.2, 0.25) is 0 Å². The third-order valence-electron chi connectivity index (χ3n) is 4.53. The summed E-state index contributed by atoms with van der Waals surface area (Å²) in [6.07, 6.45) is 6.67. The molecule has 2 heteroatoms. The molecule has 0 bridgehead atoms. The van der Waals surface area contributed by atoms with Crippen molar-refractivity contribution in [3.8, 4) is 0 Å². The summed E-state index contributed by atoms with van der Waals surface area (Å²) in [5.41, 5.74) is 4.34. The molecule has 2 nitrogen and oxygen atoms in total. The molecule has 0 aromatic heterocycles. The van der Waals surface area contributed by atoms with E-state index in [0.29, 0.717) is 0 Å². The molecule has 1 saturated carbocycles. The van der Waals surface area contributed by atoms with Gasteiger partial charge in [0.05, 0.1) is 0 Å². The van der Waals surface area contributed by atoms with Gasteiger partial charge >= 0.3 is 0 Å². The van der Waals surface area contributed by atoms with E-state index in [-0.39, 0.29) is 0 Å². The van der Waals surface area contributed by atoms with Crippen LogP contribution in [0.25, 0.3) is 0 Å². The monoisotopic (exact) mass is 244 g/mol. The van der Waals surface area contributed by atoms with E-state index in [1.165, 1.54) is 48.9 Å². The fraction of sp³-hybridized carbons (Fsp3) is 0.625. The van der Waals surface area contributed by atoms with Gasteiger partial charge in [0.2, 0.25) is 0 Å². The van der Waals surface area contributed by atoms with Crippen molar-refractivity contribution in [2.24, 2.45) is 5.92 Å². The van der Waals surface area contributed by atoms with E-state index in [4.69, 9.17) is 0 Å². The zero-order valence-corrected chi connectivity index (χ0v) is 11.3. The van der Waals surface area contributed by atoms with Crippen molar-refractivity contribution in [2.75, 3.05) is 11.9 Å². The molecule has 0 amide bonds. The Morgan fingerprint density at radius 3 is 2.89 bits per heavy atom. The highest BCUT2D eigenvalue weighted by atomic mass is 14.9. The number of hydrogen-bond donors (Lipinski definition) is 2. The van der Waals surface area contributed by atoms with Crippen molar-refractivity contribution in [2.45, 2.75) is 51.6 Å². The summed E-state index contributed by atoms with van der Waals surface area (Å²) in [5, 5.41) is 7.27. The summed E-state index contributed by atoms with van der Waals surface area (Å²) < 4.78 is 0. The minimum atomic E-state index is 0.735. The second kappa shape index (κ2) is 5.31. The fourth-order valence-corrected chi connectivity index (χ4v) is 3.28. The van der Waals surface area contributed by atoms with Gasteiger partial charge < -0.3 is 10.6 Å². The molecule has 1 aromatic carbocycles. The van der Waals surface area contributed by atoms with Gasteiger partial charge in [0.25, 0.3) is 0 Å². The lowest BCUT2D eigenvalue weighted by Gasteiger charge is -2.27. The van der Waals surface area contributed by atoms with Crippen LogP contribution in [0.5, 0.6) is 0 Å². The van der Waals surface area contributed by atoms with Crippen LogP contribution in [-0.2, 0) is 13.0 Å². The van der Waals surface area contributed by atoms with Crippen molar-refractivity contribution in [1.82, 2.24) is 5.32 Å². The molecule has 0 radical (unpaired) electrons. The highest BCUT2D eigenvalue weighted by Crippen LogP contribution is 2.27. The Hall–Kier alpha value is -1.02. The average Bonchev–Trinajstić information content (AvgIpc) is 2.87. The molecule has 18 heavy (non-hydrogen) atoms. The van der Waals surface area contributed by atoms with Gasteiger partial charge in [-0.2, -0.15) is 0 Å². The largest absolute Gasteiger partial charge is 0.384 e. The molecule has 98 valence electrons. The zero-order valence-electron chi connectivity index (χ0n) is 11.3. The normalized spacial score (nSPS) is 26.7. The summed E-state index contributed by atoms with van der Waals surface area (Å²) in [5.74, 6) is 0.936. The number of nitrogens with one attached hydrogen (secondary N) is 2. The lowest BCUT2D eigenvalue weighted by molar-refractivity contribution is 0.306. The van der Waals surface area contributed by atoms with Crippen molar-refractivity contribution in [3.63, 3.8) is 0 Å². The molecular formula is C16H24N2. The smallest absolute Gasteiger partial charge is 0.0419 e. The second-order valence-electron chi connectivity index (χ2n) is 5.97. The minimum Gasteiger partial charge on any atom is -0.384 e. The van der Waals surface area contributed by atoms with E-state index in [0.717, 1.165) is 25.0 Å². The third-order valence-corrected chi connectivity index (χ3v) is 4.53. The molecule has 1 heterocycles. The van der Waals surface area contributed by atoms with E-state index in [1.54, 1.807) is 0 Å². The van der Waals surface area contributed by atoms with Crippen LogP contribution >= 0.6 is 0 Å². The molecule has 1 fully saturated rings. The summed E-state index contributed by atoms with van der Waals surface area (Å²) in [6.45, 7) is 4.51. The van der Waals surface area contributed by atoms with Crippen LogP contribution in [0.3, 0.4) is 0 Å². The van der Waals surface area contributed by atoms with Gasteiger partial charge in [-0.05, 0) is 49.1 Å². The van der Waals surface area contributed by atoms with Crippen LogP contribution in [0.1, 0.15) is 43.7 Å². The first-order chi connectivity index (χ1) is 8.83. The molecule has 1 aliphatic carbocycles. The van der Waals surface area contributed by atoms with Crippen LogP contribution in [-0.4, -0.2) is 12.6 Å². The molecule has 0 atom stereocenters. The molecule has 1 aromatic rings. The predicted molar refractivity (Wildman–Crippen MR) is 76.9 cm³/mol. The van der Waals surface area contributed by atoms with Crippen LogP contribution in [0, 0.1) is 5.92 Å². The van der Waals surface area contributed by atoms with Gasteiger partial charge in [0.15, 0.2) is 0 Å². The quantitative estimate of drug-likeness (QED) is 0.852. The Morgan fingerprint density at radius 1 is 1.22 bits per heavy atom. The first kappa shape index (κ1) is 12.0. The summed E-state index contributed by atoms with van der Waals surface area (Å²) >= 11 is 0. The highest BCUT2D eigenvalue weighted by molar-refractivity contribution is 5.61. The Kier molecular flexibility index (Phi) is 3.55. The lowest BCUT2D eigenvalue weighted by Crippen LogP contribution is -2.32. The van der Waals surface area contributed by atoms with Crippen molar-refractivity contribution < 1.29 is 0 Å². The summed E-state index contributed by atoms with van der Waals surface area (Å²) in [7, 11) is 0. The molecule has 0 unspecified atom stereocenters. The Balaban J connectivity index is 1.59. The predicted octanol–water partition coefficient (Wildman–Crippen LogP) is 3.32. The molecule has 2 aliphatic rings. The second-order valence-corrected chi connectivity index (χ2v) is 5.97. The van der Waals surface area contributed by atoms with Crippen molar-refractivity contribution in [3.05, 3.63) is 29.3 Å². The number of anilines is 1. The highest BCUT2D eigenvalue weighted by Gasteiger charge is 2.19. The number of rotatable bonds is 3. The van der Waals surface area contributed by atoms with Gasteiger partial charge in [-0.15, -0.1) is 0 Å². The molecule has 0 spiro atoms. The van der Waals surface area contributed by atoms with E-state index < -0.39 is 0 Å². The maximum atomic E-state index is 3.75. The molecule has 2 N–H and O–H groups in total. The van der Waals surface area contributed by atoms with Gasteiger partial charge in [-0.1, -0.05) is 25.1 Å². The Bertz CT molecular complexity index is 406. The average molecular weight is 244 g/mol. The first-order valence-corrected chi connectivity index (χ1v) is 7.41. The van der Waals surface area contributed by atoms with E-state index in [2.05, 4.69) is 35.8 Å². The topological polar surface area (TPSA) is 24.1 Å². The molecule has 0 saturated heterocycles. The standard InChI is InChI=1S/C16H24N2/c1-12-5-7-15(8-6-12)18-11-14-4-2-3-13-9-10-17-16(13)14/h2-4,12,15,17-18H,5-11H2,1H3. The Labute approximate surface area is 110 Å². The molecular weight excluding hydrogens is 220 g/mol. The summed E-state index contributed by atoms with van der Waals surface area (Å²) in [4.78, 5) is 0. The van der Waals surface area contributed by atoms with Gasteiger partial charge in [0, 0.05) is 24.8 Å². The molecule has 1 aliphatic heterocycles. The van der Waals surface area contributed by atoms with Crippen molar-refractivity contribution in [1.29, 1.82) is 0 Å². The van der Waals surface area contributed by atoms with Gasteiger partial charge in [-0.25, -0.2) is 0 Å². The maximum Gasteiger partial charge on any atom is 0.0419 e. The van der Waals surface area contributed by atoms with E-state index >= 15 is 0 Å². The SMILES string of the molecule is CC1CCC(NCc2cccc3c2NCC3)CC1. The molecule has 3 rings (SSSR count). The number of benzene rings is 1. The Morgan fingerprint density at radius 2 is 2.06 bits per heavy atom. The number of hydrogen-bond acceptors (Lipinski definition) is 2. The van der Waals surface area contributed by atoms with Crippen LogP contribution in [0.4, 0.5) is 5.69 Å². The first-order valence-electron chi connectivity index (χ1n) is 7.41. The van der Waals surface area contributed by atoms with E-state index in [9.17, 15) is 0 Å².